The second kappa shape index (κ2) is 9.09. The highest BCUT2D eigenvalue weighted by Crippen LogP contribution is 2.27. The summed E-state index contributed by atoms with van der Waals surface area (Å²) in [5, 5.41) is 2.83. The van der Waals surface area contributed by atoms with E-state index >= 15 is 0 Å². The fraction of sp³-hybridized carbons (Fsp3) is 0.174. The minimum absolute atomic E-state index is 0.143. The van der Waals surface area contributed by atoms with Crippen molar-refractivity contribution in [2.24, 2.45) is 0 Å². The summed E-state index contributed by atoms with van der Waals surface area (Å²) in [5.74, 6) is 0.805. The summed E-state index contributed by atoms with van der Waals surface area (Å²) in [5.41, 5.74) is 2.37. The van der Waals surface area contributed by atoms with E-state index < -0.39 is 10.0 Å². The van der Waals surface area contributed by atoms with Crippen LogP contribution in [-0.2, 0) is 10.0 Å². The largest absolute Gasteiger partial charge is 0.497 e. The zero-order valence-corrected chi connectivity index (χ0v) is 18.6. The summed E-state index contributed by atoms with van der Waals surface area (Å²) in [7, 11) is 0.765. The van der Waals surface area contributed by atoms with Gasteiger partial charge in [0.05, 0.1) is 30.5 Å². The second-order valence-electron chi connectivity index (χ2n) is 6.85. The van der Waals surface area contributed by atoms with Crippen LogP contribution in [-0.4, -0.2) is 35.6 Å². The van der Waals surface area contributed by atoms with Gasteiger partial charge in [-0.15, -0.1) is 0 Å². The average molecular weight is 441 g/mol. The first kappa shape index (κ1) is 22.2. The van der Waals surface area contributed by atoms with E-state index in [1.165, 1.54) is 37.7 Å². The Balaban J connectivity index is 1.78. The van der Waals surface area contributed by atoms with Crippen LogP contribution in [0.15, 0.2) is 71.6 Å². The van der Waals surface area contributed by atoms with Crippen LogP contribution >= 0.6 is 0 Å². The smallest absolute Gasteiger partial charge is 0.264 e. The molecule has 1 amide bonds. The van der Waals surface area contributed by atoms with Crippen LogP contribution in [0.2, 0.25) is 0 Å². The number of nitrogens with one attached hydrogen (secondary N) is 1. The number of sulfonamides is 1. The summed E-state index contributed by atoms with van der Waals surface area (Å²) in [4.78, 5) is 12.8. The maximum atomic E-state index is 12.9. The molecule has 3 aromatic carbocycles. The lowest BCUT2D eigenvalue weighted by molar-refractivity contribution is 0.102. The van der Waals surface area contributed by atoms with Gasteiger partial charge in [0, 0.05) is 12.6 Å². The van der Waals surface area contributed by atoms with E-state index in [1.807, 2.05) is 19.1 Å². The van der Waals surface area contributed by atoms with E-state index in [1.54, 1.807) is 42.5 Å². The van der Waals surface area contributed by atoms with E-state index in [0.29, 0.717) is 28.4 Å². The van der Waals surface area contributed by atoms with Crippen molar-refractivity contribution in [1.29, 1.82) is 0 Å². The molecular formula is C23H24N2O5S. The molecule has 0 atom stereocenters. The molecule has 31 heavy (non-hydrogen) atoms. The molecule has 0 bridgehead atoms. The predicted octanol–water partition coefficient (Wildman–Crippen LogP) is 4.09. The van der Waals surface area contributed by atoms with E-state index in [4.69, 9.17) is 9.47 Å². The van der Waals surface area contributed by atoms with Gasteiger partial charge in [0.15, 0.2) is 0 Å². The molecule has 0 fully saturated rings. The molecule has 0 aromatic heterocycles. The molecule has 0 spiro atoms. The van der Waals surface area contributed by atoms with Crippen LogP contribution in [0.1, 0.15) is 15.9 Å². The molecule has 0 unspecified atom stereocenters. The van der Waals surface area contributed by atoms with Crippen molar-refractivity contribution >= 4 is 27.3 Å². The number of carbonyl (C=O) groups is 1. The van der Waals surface area contributed by atoms with E-state index in [-0.39, 0.29) is 10.8 Å². The summed E-state index contributed by atoms with van der Waals surface area (Å²) >= 11 is 0. The molecule has 3 aromatic rings. The van der Waals surface area contributed by atoms with Gasteiger partial charge in [-0.1, -0.05) is 6.07 Å². The monoisotopic (exact) mass is 440 g/mol. The van der Waals surface area contributed by atoms with Crippen LogP contribution in [0.5, 0.6) is 11.5 Å². The lowest BCUT2D eigenvalue weighted by Gasteiger charge is -2.20. The Bertz CT molecular complexity index is 1170. The lowest BCUT2D eigenvalue weighted by atomic mass is 10.1. The molecule has 0 saturated heterocycles. The molecule has 0 saturated carbocycles. The van der Waals surface area contributed by atoms with Crippen molar-refractivity contribution in [3.8, 4) is 11.5 Å². The Hall–Kier alpha value is -3.52. The predicted molar refractivity (Wildman–Crippen MR) is 121 cm³/mol. The van der Waals surface area contributed by atoms with Crippen molar-refractivity contribution in [3.63, 3.8) is 0 Å². The van der Waals surface area contributed by atoms with Gasteiger partial charge in [-0.3, -0.25) is 9.10 Å². The highest BCUT2D eigenvalue weighted by atomic mass is 32.2. The van der Waals surface area contributed by atoms with Gasteiger partial charge in [0.1, 0.15) is 11.5 Å². The van der Waals surface area contributed by atoms with Gasteiger partial charge in [0.25, 0.3) is 15.9 Å². The molecule has 162 valence electrons. The number of amides is 1. The molecule has 7 nitrogen and oxygen atoms in total. The third-order valence-corrected chi connectivity index (χ3v) is 6.61. The summed E-state index contributed by atoms with van der Waals surface area (Å²) in [6.07, 6.45) is 0. The van der Waals surface area contributed by atoms with Gasteiger partial charge in [-0.2, -0.15) is 0 Å². The Morgan fingerprint density at radius 2 is 1.55 bits per heavy atom. The molecule has 8 heteroatoms. The number of aryl methyl sites for hydroxylation is 1. The van der Waals surface area contributed by atoms with Crippen molar-refractivity contribution < 1.29 is 22.7 Å². The molecule has 0 aliphatic rings. The Kier molecular flexibility index (Phi) is 6.50. The number of ether oxygens (including phenoxy) is 2. The van der Waals surface area contributed by atoms with Crippen molar-refractivity contribution in [3.05, 3.63) is 77.9 Å². The zero-order valence-electron chi connectivity index (χ0n) is 17.7. The highest BCUT2D eigenvalue weighted by Gasteiger charge is 2.21. The van der Waals surface area contributed by atoms with E-state index in [2.05, 4.69) is 5.32 Å². The normalized spacial score (nSPS) is 11.0. The molecule has 1 N–H and O–H groups in total. The summed E-state index contributed by atoms with van der Waals surface area (Å²) in [6.45, 7) is 1.92. The maximum Gasteiger partial charge on any atom is 0.264 e. The van der Waals surface area contributed by atoms with Crippen molar-refractivity contribution in [2.45, 2.75) is 11.8 Å². The first-order chi connectivity index (χ1) is 14.8. The van der Waals surface area contributed by atoms with Crippen molar-refractivity contribution in [2.75, 3.05) is 30.9 Å². The Labute approximate surface area is 182 Å². The first-order valence-electron chi connectivity index (χ1n) is 9.45. The van der Waals surface area contributed by atoms with Crippen LogP contribution < -0.4 is 19.1 Å². The number of hydrogen-bond acceptors (Lipinski definition) is 5. The average Bonchev–Trinajstić information content (AvgIpc) is 2.78. The Morgan fingerprint density at radius 3 is 2.13 bits per heavy atom. The SMILES string of the molecule is COc1ccc(S(=O)(=O)N(C)c2ccc(C(=O)Nc3cc(C)ccc3OC)cc2)cc1. The van der Waals surface area contributed by atoms with Crippen LogP contribution in [0.25, 0.3) is 0 Å². The number of rotatable bonds is 7. The van der Waals surface area contributed by atoms with Crippen LogP contribution in [0, 0.1) is 6.92 Å². The minimum atomic E-state index is -3.75. The fourth-order valence-electron chi connectivity index (χ4n) is 2.98. The fourth-order valence-corrected chi connectivity index (χ4v) is 4.18. The molecular weight excluding hydrogens is 416 g/mol. The third kappa shape index (κ3) is 4.80. The first-order valence-corrected chi connectivity index (χ1v) is 10.9. The van der Waals surface area contributed by atoms with Gasteiger partial charge in [-0.25, -0.2) is 8.42 Å². The van der Waals surface area contributed by atoms with Gasteiger partial charge < -0.3 is 14.8 Å². The summed E-state index contributed by atoms with van der Waals surface area (Å²) < 4.78 is 37.3. The van der Waals surface area contributed by atoms with Crippen LogP contribution in [0.3, 0.4) is 0 Å². The number of carbonyl (C=O) groups excluding carboxylic acids is 1. The number of hydrogen-bond donors (Lipinski definition) is 1. The van der Waals surface area contributed by atoms with Gasteiger partial charge in [-0.05, 0) is 73.2 Å². The lowest BCUT2D eigenvalue weighted by Crippen LogP contribution is -2.26. The minimum Gasteiger partial charge on any atom is -0.497 e. The topological polar surface area (TPSA) is 84.9 Å². The molecule has 3 rings (SSSR count). The standard InChI is InChI=1S/C23H24N2O5S/c1-16-5-14-22(30-4)21(15-16)24-23(26)17-6-8-18(9-7-17)25(2)31(27,28)20-12-10-19(29-3)11-13-20/h5-15H,1-4H3,(H,24,26). The van der Waals surface area contributed by atoms with Gasteiger partial charge in [0.2, 0.25) is 0 Å². The second-order valence-corrected chi connectivity index (χ2v) is 8.82. The molecule has 0 radical (unpaired) electrons. The number of anilines is 2. The summed E-state index contributed by atoms with van der Waals surface area (Å²) in [6, 6.07) is 18.0. The van der Waals surface area contributed by atoms with Crippen LogP contribution in [0.4, 0.5) is 11.4 Å². The maximum absolute atomic E-state index is 12.9. The van der Waals surface area contributed by atoms with Crippen molar-refractivity contribution in [1.82, 2.24) is 0 Å². The molecule has 0 aliphatic carbocycles. The molecule has 0 aliphatic heterocycles. The zero-order chi connectivity index (χ0) is 22.6. The third-order valence-electron chi connectivity index (χ3n) is 4.81. The number of benzene rings is 3. The number of nitrogens with zero attached hydrogens (tertiary/aromatic N) is 1. The van der Waals surface area contributed by atoms with Gasteiger partial charge >= 0.3 is 0 Å². The Morgan fingerprint density at radius 1 is 0.903 bits per heavy atom. The van der Waals surface area contributed by atoms with E-state index in [9.17, 15) is 13.2 Å². The number of methoxy groups -OCH3 is 2. The molecule has 0 heterocycles. The quantitative estimate of drug-likeness (QED) is 0.598. The van der Waals surface area contributed by atoms with E-state index in [0.717, 1.165) is 5.56 Å². The highest BCUT2D eigenvalue weighted by molar-refractivity contribution is 7.92.